The lowest BCUT2D eigenvalue weighted by Gasteiger charge is -2.42. The fourth-order valence-corrected chi connectivity index (χ4v) is 5.85. The van der Waals surface area contributed by atoms with Gasteiger partial charge >= 0.3 is 5.97 Å². The molecule has 2 fully saturated rings. The highest BCUT2D eigenvalue weighted by Crippen LogP contribution is 2.34. The van der Waals surface area contributed by atoms with Gasteiger partial charge in [-0.2, -0.15) is 4.98 Å². The van der Waals surface area contributed by atoms with Crippen LogP contribution in [0, 0.1) is 0 Å². The van der Waals surface area contributed by atoms with Gasteiger partial charge in [0, 0.05) is 68.9 Å². The molecule has 11 nitrogen and oxygen atoms in total. The summed E-state index contributed by atoms with van der Waals surface area (Å²) in [6, 6.07) is 15.9. The number of hydrogen-bond donors (Lipinski definition) is 3. The van der Waals surface area contributed by atoms with Crippen molar-refractivity contribution >= 4 is 45.8 Å². The van der Waals surface area contributed by atoms with Crippen molar-refractivity contribution in [1.29, 1.82) is 0 Å². The van der Waals surface area contributed by atoms with Crippen molar-refractivity contribution in [2.75, 3.05) is 76.1 Å². The van der Waals surface area contributed by atoms with E-state index in [1.165, 1.54) is 33.0 Å². The first-order valence-corrected chi connectivity index (χ1v) is 14.4. The fraction of sp³-hybridized carbons (Fsp3) is 0.387. The zero-order valence-corrected chi connectivity index (χ0v) is 24.4. The van der Waals surface area contributed by atoms with E-state index in [0.717, 1.165) is 54.3 Å². The monoisotopic (exact) mass is 570 g/mol. The lowest BCUT2D eigenvalue weighted by molar-refractivity contribution is 0.0601. The van der Waals surface area contributed by atoms with Gasteiger partial charge in [0.05, 0.1) is 31.0 Å². The largest absolute Gasteiger partial charge is 0.494 e. The van der Waals surface area contributed by atoms with Crippen LogP contribution in [-0.2, 0) is 4.74 Å². The molecule has 2 aliphatic rings. The Morgan fingerprint density at radius 2 is 1.76 bits per heavy atom. The molecule has 0 saturated carbocycles. The van der Waals surface area contributed by atoms with Gasteiger partial charge in [-0.3, -0.25) is 4.90 Å². The molecule has 4 heterocycles. The number of hydrogen-bond acceptors (Lipinski definition) is 10. The molecule has 0 unspecified atom stereocenters. The van der Waals surface area contributed by atoms with Crippen LogP contribution in [0.3, 0.4) is 0 Å². The molecular formula is C31H38N8O3. The van der Waals surface area contributed by atoms with E-state index in [9.17, 15) is 4.79 Å². The second kappa shape index (κ2) is 12.3. The molecule has 42 heavy (non-hydrogen) atoms. The maximum Gasteiger partial charge on any atom is 0.337 e. The molecule has 2 aliphatic heterocycles. The van der Waals surface area contributed by atoms with Crippen LogP contribution in [0.15, 0.2) is 54.7 Å². The van der Waals surface area contributed by atoms with Gasteiger partial charge in [0.15, 0.2) is 5.82 Å². The Labute approximate surface area is 245 Å². The highest BCUT2D eigenvalue weighted by molar-refractivity contribution is 5.92. The van der Waals surface area contributed by atoms with Gasteiger partial charge in [-0.25, -0.2) is 9.78 Å². The smallest absolute Gasteiger partial charge is 0.337 e. The summed E-state index contributed by atoms with van der Waals surface area (Å²) >= 11 is 0. The maximum absolute atomic E-state index is 12.0. The second-order valence-corrected chi connectivity index (χ2v) is 10.9. The maximum atomic E-state index is 12.0. The Morgan fingerprint density at radius 3 is 2.52 bits per heavy atom. The quantitative estimate of drug-likeness (QED) is 0.263. The minimum atomic E-state index is -0.399. The molecule has 0 radical (unpaired) electrons. The van der Waals surface area contributed by atoms with Crippen molar-refractivity contribution < 1.29 is 14.3 Å². The number of piperazine rings is 1. The number of piperidine rings is 1. The second-order valence-electron chi connectivity index (χ2n) is 10.9. The average molecular weight is 571 g/mol. The van der Waals surface area contributed by atoms with E-state index in [0.29, 0.717) is 29.1 Å². The molecule has 6 rings (SSSR count). The Balaban J connectivity index is 1.17. The molecule has 0 atom stereocenters. The van der Waals surface area contributed by atoms with Gasteiger partial charge in [-0.05, 0) is 56.3 Å². The number of likely N-dealkylation sites (N-methyl/N-ethyl adjacent to an activating group) is 1. The first-order chi connectivity index (χ1) is 20.5. The molecule has 0 amide bonds. The van der Waals surface area contributed by atoms with E-state index in [2.05, 4.69) is 49.5 Å². The summed E-state index contributed by atoms with van der Waals surface area (Å²) in [5, 5.41) is 6.66. The van der Waals surface area contributed by atoms with Crippen molar-refractivity contribution in [3.63, 3.8) is 0 Å². The zero-order valence-electron chi connectivity index (χ0n) is 24.4. The van der Waals surface area contributed by atoms with E-state index in [-0.39, 0.29) is 0 Å². The van der Waals surface area contributed by atoms with Gasteiger partial charge in [0.1, 0.15) is 11.3 Å². The molecule has 3 N–H and O–H groups in total. The summed E-state index contributed by atoms with van der Waals surface area (Å²) in [6.45, 7) is 6.73. The predicted molar refractivity (Wildman–Crippen MR) is 166 cm³/mol. The Bertz CT molecular complexity index is 1540. The van der Waals surface area contributed by atoms with Crippen LogP contribution in [0.2, 0.25) is 0 Å². The number of aromatic amines is 1. The molecule has 11 heteroatoms. The number of aromatic nitrogens is 3. The molecule has 2 saturated heterocycles. The third-order valence-electron chi connectivity index (χ3n) is 8.27. The number of methoxy groups -OCH3 is 2. The number of carbonyl (C=O) groups is 1. The molecule has 220 valence electrons. The minimum absolute atomic E-state index is 0.399. The van der Waals surface area contributed by atoms with Crippen molar-refractivity contribution in [3.05, 3.63) is 60.3 Å². The number of anilines is 5. The molecule has 0 spiro atoms. The number of H-pyrrole nitrogens is 1. The topological polar surface area (TPSA) is 111 Å². The number of rotatable bonds is 8. The van der Waals surface area contributed by atoms with E-state index in [1.54, 1.807) is 25.3 Å². The summed E-state index contributed by atoms with van der Waals surface area (Å²) in [6.07, 6.45) is 4.17. The molecule has 2 aromatic carbocycles. The average Bonchev–Trinajstić information content (AvgIpc) is 3.51. The van der Waals surface area contributed by atoms with Crippen LogP contribution < -0.4 is 20.3 Å². The zero-order chi connectivity index (χ0) is 29.1. The van der Waals surface area contributed by atoms with Gasteiger partial charge in [-0.1, -0.05) is 6.07 Å². The normalized spacial score (nSPS) is 16.9. The molecule has 4 aromatic rings. The summed E-state index contributed by atoms with van der Waals surface area (Å²) < 4.78 is 10.7. The summed E-state index contributed by atoms with van der Waals surface area (Å²) in [5.74, 6) is 1.33. The first-order valence-electron chi connectivity index (χ1n) is 14.4. The third-order valence-corrected chi connectivity index (χ3v) is 8.27. The van der Waals surface area contributed by atoms with Gasteiger partial charge in [0.25, 0.3) is 0 Å². The number of benzene rings is 2. The summed E-state index contributed by atoms with van der Waals surface area (Å²) in [5.41, 5.74) is 4.60. The number of carbonyl (C=O) groups excluding carboxylic acids is 1. The molecule has 0 aliphatic carbocycles. The minimum Gasteiger partial charge on any atom is -0.494 e. The third kappa shape index (κ3) is 5.97. The van der Waals surface area contributed by atoms with Crippen molar-refractivity contribution in [2.45, 2.75) is 18.9 Å². The molecule has 2 aromatic heterocycles. The highest BCUT2D eigenvalue weighted by atomic mass is 16.5. The Hall–Kier alpha value is -4.35. The lowest BCUT2D eigenvalue weighted by Crippen LogP contribution is -2.52. The summed E-state index contributed by atoms with van der Waals surface area (Å²) in [4.78, 5) is 32.2. The molecule has 0 bridgehead atoms. The van der Waals surface area contributed by atoms with E-state index >= 15 is 0 Å². The number of ether oxygens (including phenoxy) is 2. The van der Waals surface area contributed by atoms with Crippen LogP contribution in [0.5, 0.6) is 5.75 Å². The van der Waals surface area contributed by atoms with Crippen LogP contribution in [0.25, 0.3) is 11.0 Å². The summed E-state index contributed by atoms with van der Waals surface area (Å²) in [7, 11) is 5.26. The van der Waals surface area contributed by atoms with Crippen molar-refractivity contribution in [3.8, 4) is 5.75 Å². The fourth-order valence-electron chi connectivity index (χ4n) is 5.85. The van der Waals surface area contributed by atoms with E-state index in [4.69, 9.17) is 19.4 Å². The van der Waals surface area contributed by atoms with Gasteiger partial charge in [0.2, 0.25) is 5.95 Å². The van der Waals surface area contributed by atoms with Gasteiger partial charge in [-0.15, -0.1) is 0 Å². The number of nitrogens with one attached hydrogen (secondary N) is 3. The first kappa shape index (κ1) is 27.8. The van der Waals surface area contributed by atoms with Crippen LogP contribution >= 0.6 is 0 Å². The van der Waals surface area contributed by atoms with E-state index < -0.39 is 5.97 Å². The van der Waals surface area contributed by atoms with Crippen LogP contribution in [0.1, 0.15) is 23.2 Å². The standard InChI is InChI=1S/C31H38N8O3/c1-37-15-17-39(18-16-37)23-10-13-38(14-11-23)24-7-8-25(27(20-24)41-2)34-31-35-26-9-12-32-28(26)29(36-31)33-22-6-4-5-21(19-22)30(40)42-3/h4-9,12,19-20,23,32H,10-11,13-18H2,1-3H3,(H2,33,34,35,36). The lowest BCUT2D eigenvalue weighted by atomic mass is 10.0. The number of fused-ring (bicyclic) bond motifs is 1. The van der Waals surface area contributed by atoms with Crippen molar-refractivity contribution in [1.82, 2.24) is 24.8 Å². The van der Waals surface area contributed by atoms with Crippen LogP contribution in [0.4, 0.5) is 28.8 Å². The SMILES string of the molecule is COC(=O)c1cccc(Nc2nc(Nc3ccc(N4CCC(N5CCN(C)CC5)CC4)cc3OC)nc3cc[nH]c23)c1. The van der Waals surface area contributed by atoms with Crippen molar-refractivity contribution in [2.24, 2.45) is 0 Å². The Morgan fingerprint density at radius 1 is 0.952 bits per heavy atom. The van der Waals surface area contributed by atoms with Gasteiger partial charge < -0.3 is 34.9 Å². The molecular weight excluding hydrogens is 532 g/mol. The number of esters is 1. The highest BCUT2D eigenvalue weighted by Gasteiger charge is 2.27. The van der Waals surface area contributed by atoms with E-state index in [1.807, 2.05) is 24.4 Å². The van der Waals surface area contributed by atoms with Crippen LogP contribution in [-0.4, -0.2) is 97.3 Å². The predicted octanol–water partition coefficient (Wildman–Crippen LogP) is 4.46. The Kier molecular flexibility index (Phi) is 8.11. The number of nitrogens with zero attached hydrogens (tertiary/aromatic N) is 5.